The predicted octanol–water partition coefficient (Wildman–Crippen LogP) is 3.39. The number of ether oxygens (including phenoxy) is 2. The van der Waals surface area contributed by atoms with Gasteiger partial charge in [0.15, 0.2) is 0 Å². The molecule has 3 aromatic rings. The first-order valence-electron chi connectivity index (χ1n) is 14.5. The quantitative estimate of drug-likeness (QED) is 0.515. The van der Waals surface area contributed by atoms with Gasteiger partial charge in [-0.3, -0.25) is 19.1 Å². The summed E-state index contributed by atoms with van der Waals surface area (Å²) in [6, 6.07) is 17.0. The minimum atomic E-state index is -0.412. The fourth-order valence-corrected chi connectivity index (χ4v) is 5.56. The van der Waals surface area contributed by atoms with Crippen LogP contribution in [0.4, 0.5) is 0 Å². The maximum Gasteiger partial charge on any atom is 0.239 e. The first-order valence-corrected chi connectivity index (χ1v) is 14.5. The highest BCUT2D eigenvalue weighted by Crippen LogP contribution is 2.25. The lowest BCUT2D eigenvalue weighted by Crippen LogP contribution is -2.58. The third-order valence-electron chi connectivity index (χ3n) is 7.82. The Morgan fingerprint density at radius 3 is 2.50 bits per heavy atom. The summed E-state index contributed by atoms with van der Waals surface area (Å²) in [5.41, 5.74) is 3.87. The second-order valence-corrected chi connectivity index (χ2v) is 11.2. The molecule has 3 heterocycles. The van der Waals surface area contributed by atoms with Crippen molar-refractivity contribution in [2.75, 3.05) is 26.7 Å². The third kappa shape index (κ3) is 7.55. The number of likely N-dealkylation sites (N-methyl/N-ethyl adjacent to an activating group) is 1. The number of piperidine rings is 1. The highest BCUT2D eigenvalue weighted by molar-refractivity contribution is 5.85. The molecule has 0 unspecified atom stereocenters. The lowest BCUT2D eigenvalue weighted by Gasteiger charge is -2.39. The maximum absolute atomic E-state index is 13.2. The van der Waals surface area contributed by atoms with E-state index in [2.05, 4.69) is 10.4 Å². The van der Waals surface area contributed by atoms with Crippen LogP contribution >= 0.6 is 0 Å². The number of aryl methyl sites for hydroxylation is 4. The van der Waals surface area contributed by atoms with Crippen LogP contribution in [0.25, 0.3) is 0 Å². The van der Waals surface area contributed by atoms with E-state index < -0.39 is 6.04 Å². The van der Waals surface area contributed by atoms with Gasteiger partial charge in [-0.2, -0.15) is 5.10 Å². The predicted molar refractivity (Wildman–Crippen MR) is 157 cm³/mol. The average molecular weight is 574 g/mol. The normalized spacial score (nSPS) is 20.2. The minimum absolute atomic E-state index is 0.00932. The van der Waals surface area contributed by atoms with Gasteiger partial charge in [-0.05, 0) is 68.1 Å². The summed E-state index contributed by atoms with van der Waals surface area (Å²) >= 11 is 0. The first-order chi connectivity index (χ1) is 20.2. The summed E-state index contributed by atoms with van der Waals surface area (Å²) in [5.74, 6) is 0.998. The molecule has 2 atom stereocenters. The van der Waals surface area contributed by atoms with Gasteiger partial charge in [0.05, 0.1) is 31.0 Å². The number of aromatic nitrogens is 2. The molecule has 222 valence electrons. The molecule has 2 aliphatic rings. The molecule has 0 radical (unpaired) electrons. The van der Waals surface area contributed by atoms with Crippen molar-refractivity contribution in [2.24, 2.45) is 0 Å². The zero-order valence-electron chi connectivity index (χ0n) is 24.5. The molecule has 10 heteroatoms. The van der Waals surface area contributed by atoms with Crippen LogP contribution in [0.2, 0.25) is 0 Å². The number of hydrogen-bond donors (Lipinski definition) is 1. The molecule has 4 bridgehead atoms. The van der Waals surface area contributed by atoms with E-state index in [9.17, 15) is 14.4 Å². The standard InChI is InChI=1S/C32H39N5O5/c1-22-16-23(2)37(34-22)15-13-32(40)36-14-12-29-28(19-36)33-30(38)20-35(3)31(39)11-10-24-6-4-8-26(17-24)42-27-9-5-7-25(18-27)21-41-29/h4-9,16-18,28-29H,10-15,19-21H2,1-3H3,(H,33,38)/t28-,29+/m1/s1. The van der Waals surface area contributed by atoms with Gasteiger partial charge in [-0.25, -0.2) is 0 Å². The third-order valence-corrected chi connectivity index (χ3v) is 7.82. The van der Waals surface area contributed by atoms with Crippen LogP contribution in [0.15, 0.2) is 54.6 Å². The zero-order chi connectivity index (χ0) is 29.6. The van der Waals surface area contributed by atoms with E-state index >= 15 is 0 Å². The number of nitrogens with one attached hydrogen (secondary N) is 1. The van der Waals surface area contributed by atoms with Gasteiger partial charge in [0.25, 0.3) is 0 Å². The van der Waals surface area contributed by atoms with E-state index in [1.807, 2.05) is 73.1 Å². The summed E-state index contributed by atoms with van der Waals surface area (Å²) in [6.45, 7) is 5.54. The molecule has 1 N–H and O–H groups in total. The first kappa shape index (κ1) is 29.3. The molecule has 2 aliphatic heterocycles. The molecule has 1 aromatic heterocycles. The number of rotatable bonds is 3. The van der Waals surface area contributed by atoms with Crippen molar-refractivity contribution in [2.45, 2.75) is 64.8 Å². The summed E-state index contributed by atoms with van der Waals surface area (Å²) in [7, 11) is 1.63. The van der Waals surface area contributed by atoms with Crippen LogP contribution < -0.4 is 10.1 Å². The lowest BCUT2D eigenvalue weighted by molar-refractivity contribution is -0.139. The molecule has 1 fully saturated rings. The molecular weight excluding hydrogens is 534 g/mol. The molecule has 10 nitrogen and oxygen atoms in total. The van der Waals surface area contributed by atoms with Crippen molar-refractivity contribution in [3.05, 3.63) is 77.1 Å². The molecule has 5 rings (SSSR count). The Balaban J connectivity index is 1.31. The van der Waals surface area contributed by atoms with Crippen LogP contribution in [0.3, 0.4) is 0 Å². The van der Waals surface area contributed by atoms with Crippen molar-refractivity contribution in [3.63, 3.8) is 0 Å². The molecule has 0 spiro atoms. The van der Waals surface area contributed by atoms with Crippen LogP contribution in [-0.2, 0) is 38.7 Å². The molecule has 2 aromatic carbocycles. The number of likely N-dealkylation sites (tertiary alicyclic amines) is 1. The monoisotopic (exact) mass is 573 g/mol. The SMILES string of the molecule is Cc1cc(C)n(CCC(=O)N2CC[C@@H]3OCc4cccc(c4)Oc4cccc(c4)CCC(=O)N(C)CC(=O)N[C@@H]3C2)n1. The van der Waals surface area contributed by atoms with Crippen molar-refractivity contribution in [1.29, 1.82) is 0 Å². The molecule has 1 saturated heterocycles. The van der Waals surface area contributed by atoms with Crippen LogP contribution in [0.5, 0.6) is 11.5 Å². The topological polar surface area (TPSA) is 106 Å². The van der Waals surface area contributed by atoms with Gasteiger partial charge in [0.2, 0.25) is 17.7 Å². The van der Waals surface area contributed by atoms with Crippen molar-refractivity contribution in [3.8, 4) is 11.5 Å². The van der Waals surface area contributed by atoms with Gasteiger partial charge in [0.1, 0.15) is 11.5 Å². The fraction of sp³-hybridized carbons (Fsp3) is 0.438. The smallest absolute Gasteiger partial charge is 0.239 e. The Bertz CT molecular complexity index is 1440. The maximum atomic E-state index is 13.2. The largest absolute Gasteiger partial charge is 0.457 e. The van der Waals surface area contributed by atoms with Gasteiger partial charge < -0.3 is 24.6 Å². The number of nitrogens with zero attached hydrogens (tertiary/aromatic N) is 4. The van der Waals surface area contributed by atoms with Crippen molar-refractivity contribution < 1.29 is 23.9 Å². The van der Waals surface area contributed by atoms with Crippen LogP contribution in [0, 0.1) is 13.8 Å². The average Bonchev–Trinajstić information content (AvgIpc) is 3.30. The number of benzene rings is 2. The van der Waals surface area contributed by atoms with E-state index in [0.717, 1.165) is 22.5 Å². The van der Waals surface area contributed by atoms with Gasteiger partial charge in [-0.1, -0.05) is 24.3 Å². The van der Waals surface area contributed by atoms with Gasteiger partial charge >= 0.3 is 0 Å². The Hall–Kier alpha value is -4.18. The Morgan fingerprint density at radius 2 is 1.76 bits per heavy atom. The Labute approximate surface area is 246 Å². The molecule has 0 saturated carbocycles. The van der Waals surface area contributed by atoms with E-state index in [0.29, 0.717) is 57.0 Å². The molecule has 3 amide bonds. The van der Waals surface area contributed by atoms with E-state index in [4.69, 9.17) is 9.47 Å². The van der Waals surface area contributed by atoms with Crippen LogP contribution in [-0.4, -0.2) is 76.1 Å². The van der Waals surface area contributed by atoms with Gasteiger partial charge in [0, 0.05) is 45.2 Å². The van der Waals surface area contributed by atoms with Gasteiger partial charge in [-0.15, -0.1) is 0 Å². The highest BCUT2D eigenvalue weighted by Gasteiger charge is 2.33. The second kappa shape index (κ2) is 13.2. The summed E-state index contributed by atoms with van der Waals surface area (Å²) in [4.78, 5) is 42.4. The lowest BCUT2D eigenvalue weighted by atomic mass is 10.0. The zero-order valence-corrected chi connectivity index (χ0v) is 24.5. The second-order valence-electron chi connectivity index (χ2n) is 11.2. The molecule has 42 heavy (non-hydrogen) atoms. The summed E-state index contributed by atoms with van der Waals surface area (Å²) in [6.07, 6.45) is 1.41. The van der Waals surface area contributed by atoms with Crippen LogP contribution in [0.1, 0.15) is 41.8 Å². The summed E-state index contributed by atoms with van der Waals surface area (Å²) < 4.78 is 14.3. The highest BCUT2D eigenvalue weighted by atomic mass is 16.5. The number of fused-ring (bicyclic) bond motifs is 5. The van der Waals surface area contributed by atoms with E-state index in [1.54, 1.807) is 11.9 Å². The Morgan fingerprint density at radius 1 is 1.02 bits per heavy atom. The number of carbonyl (C=O) groups is 3. The Kier molecular flexibility index (Phi) is 9.22. The number of amides is 3. The van der Waals surface area contributed by atoms with Crippen molar-refractivity contribution in [1.82, 2.24) is 24.9 Å². The number of hydrogen-bond acceptors (Lipinski definition) is 6. The molecular formula is C32H39N5O5. The van der Waals surface area contributed by atoms with E-state index in [1.165, 1.54) is 4.90 Å². The van der Waals surface area contributed by atoms with E-state index in [-0.39, 0.29) is 36.8 Å². The van der Waals surface area contributed by atoms with Crippen molar-refractivity contribution >= 4 is 17.7 Å². The molecule has 0 aliphatic carbocycles. The summed E-state index contributed by atoms with van der Waals surface area (Å²) in [5, 5.41) is 7.52. The number of carbonyl (C=O) groups excluding carboxylic acids is 3. The fourth-order valence-electron chi connectivity index (χ4n) is 5.56. The minimum Gasteiger partial charge on any atom is -0.457 e.